The normalized spacial score (nSPS) is 12.8. The van der Waals surface area contributed by atoms with Crippen molar-refractivity contribution in [2.75, 3.05) is 0 Å². The molecule has 0 aromatic heterocycles. The molecule has 0 amide bonds. The number of carboxylic acids is 1. The molecular weight excluding hydrogens is 303 g/mol. The molecule has 110 valence electrons. The summed E-state index contributed by atoms with van der Waals surface area (Å²) in [5.41, 5.74) is -0.352. The van der Waals surface area contributed by atoms with E-state index >= 15 is 0 Å². The number of hydrogen-bond donors (Lipinski definition) is 1. The predicted molar refractivity (Wildman–Crippen MR) is 77.3 cm³/mol. The van der Waals surface area contributed by atoms with Crippen molar-refractivity contribution in [2.45, 2.75) is 38.7 Å². The molecule has 1 rings (SSSR count). The van der Waals surface area contributed by atoms with E-state index in [2.05, 4.69) is 0 Å². The lowest BCUT2D eigenvalue weighted by Crippen LogP contribution is -2.29. The highest BCUT2D eigenvalue weighted by atomic mass is 35.5. The minimum Gasteiger partial charge on any atom is -0.481 e. The van der Waals surface area contributed by atoms with Crippen molar-refractivity contribution >= 4 is 35.1 Å². The smallest absolute Gasteiger partial charge is 0.314 e. The SMILES string of the molecule is CC(C)(C)OC(=O)[C@@H](CC(=O)O)c1cccc(Cl)c1Cl. The number of rotatable bonds is 4. The van der Waals surface area contributed by atoms with E-state index in [-0.39, 0.29) is 10.0 Å². The molecule has 20 heavy (non-hydrogen) atoms. The van der Waals surface area contributed by atoms with E-state index in [1.807, 2.05) is 0 Å². The molecule has 0 unspecified atom stereocenters. The van der Waals surface area contributed by atoms with Crippen molar-refractivity contribution in [1.82, 2.24) is 0 Å². The summed E-state index contributed by atoms with van der Waals surface area (Å²) >= 11 is 12.0. The number of hydrogen-bond acceptors (Lipinski definition) is 3. The summed E-state index contributed by atoms with van der Waals surface area (Å²) in [6.45, 7) is 5.13. The van der Waals surface area contributed by atoms with Crippen LogP contribution in [0.2, 0.25) is 10.0 Å². The molecule has 0 saturated heterocycles. The van der Waals surface area contributed by atoms with Gasteiger partial charge in [-0.05, 0) is 32.4 Å². The second-order valence-electron chi connectivity index (χ2n) is 5.33. The molecule has 1 N–H and O–H groups in total. The van der Waals surface area contributed by atoms with Gasteiger partial charge < -0.3 is 9.84 Å². The zero-order valence-corrected chi connectivity index (χ0v) is 13.0. The van der Waals surface area contributed by atoms with E-state index in [0.717, 1.165) is 0 Å². The lowest BCUT2D eigenvalue weighted by atomic mass is 9.95. The molecule has 0 aliphatic rings. The number of ether oxygens (including phenoxy) is 1. The third kappa shape index (κ3) is 4.69. The second kappa shape index (κ2) is 6.46. The summed E-state index contributed by atoms with van der Waals surface area (Å²) < 4.78 is 5.25. The molecule has 0 radical (unpaired) electrons. The van der Waals surface area contributed by atoms with Crippen LogP contribution in [0.4, 0.5) is 0 Å². The Kier molecular flexibility index (Phi) is 5.42. The number of halogens is 2. The van der Waals surface area contributed by atoms with Crippen LogP contribution in [0, 0.1) is 0 Å². The van der Waals surface area contributed by atoms with Crippen molar-refractivity contribution in [2.24, 2.45) is 0 Å². The van der Waals surface area contributed by atoms with Crippen molar-refractivity contribution < 1.29 is 19.4 Å². The molecule has 0 aliphatic carbocycles. The van der Waals surface area contributed by atoms with E-state index in [0.29, 0.717) is 5.56 Å². The van der Waals surface area contributed by atoms with Gasteiger partial charge >= 0.3 is 11.9 Å². The van der Waals surface area contributed by atoms with Crippen LogP contribution in [0.3, 0.4) is 0 Å². The quantitative estimate of drug-likeness (QED) is 0.855. The molecular formula is C14H16Cl2O4. The summed E-state index contributed by atoms with van der Waals surface area (Å²) in [7, 11) is 0. The fraction of sp³-hybridized carbons (Fsp3) is 0.429. The van der Waals surface area contributed by atoms with Crippen LogP contribution in [0.25, 0.3) is 0 Å². The van der Waals surface area contributed by atoms with Crippen LogP contribution in [-0.4, -0.2) is 22.6 Å². The number of carbonyl (C=O) groups is 2. The van der Waals surface area contributed by atoms with Gasteiger partial charge in [0.25, 0.3) is 0 Å². The molecule has 6 heteroatoms. The molecule has 0 saturated carbocycles. The van der Waals surface area contributed by atoms with Gasteiger partial charge in [-0.1, -0.05) is 35.3 Å². The van der Waals surface area contributed by atoms with E-state index < -0.39 is 29.9 Å². The van der Waals surface area contributed by atoms with E-state index in [9.17, 15) is 9.59 Å². The summed E-state index contributed by atoms with van der Waals surface area (Å²) in [6.07, 6.45) is -0.408. The van der Waals surface area contributed by atoms with Gasteiger partial charge in [0.1, 0.15) is 5.60 Å². The summed E-state index contributed by atoms with van der Waals surface area (Å²) in [6, 6.07) is 4.76. The standard InChI is InChI=1S/C14H16Cl2O4/c1-14(2,3)20-13(19)9(7-11(17)18)8-5-4-6-10(15)12(8)16/h4-6,9H,7H2,1-3H3,(H,17,18)/t9-/m0/s1. The third-order valence-electron chi connectivity index (χ3n) is 2.43. The molecule has 0 spiro atoms. The van der Waals surface area contributed by atoms with Crippen LogP contribution in [0.1, 0.15) is 38.7 Å². The molecule has 0 fully saturated rings. The summed E-state index contributed by atoms with van der Waals surface area (Å²) in [5, 5.41) is 9.41. The van der Waals surface area contributed by atoms with Gasteiger partial charge in [-0.15, -0.1) is 0 Å². The van der Waals surface area contributed by atoms with Gasteiger partial charge in [0.05, 0.1) is 22.4 Å². The number of carbonyl (C=O) groups excluding carboxylic acids is 1. The lowest BCUT2D eigenvalue weighted by Gasteiger charge is -2.24. The fourth-order valence-electron chi connectivity index (χ4n) is 1.66. The minimum absolute atomic E-state index is 0.172. The highest BCUT2D eigenvalue weighted by Crippen LogP contribution is 2.34. The van der Waals surface area contributed by atoms with Gasteiger partial charge in [0, 0.05) is 0 Å². The molecule has 0 aliphatic heterocycles. The molecule has 1 aromatic carbocycles. The van der Waals surface area contributed by atoms with Crippen LogP contribution >= 0.6 is 23.2 Å². The topological polar surface area (TPSA) is 63.6 Å². The number of aliphatic carboxylic acids is 1. The van der Waals surface area contributed by atoms with E-state index in [1.165, 1.54) is 0 Å². The largest absolute Gasteiger partial charge is 0.481 e. The Morgan fingerprint density at radius 2 is 1.90 bits per heavy atom. The number of esters is 1. The average molecular weight is 319 g/mol. The van der Waals surface area contributed by atoms with Crippen LogP contribution in [0.15, 0.2) is 18.2 Å². The average Bonchev–Trinajstić information content (AvgIpc) is 2.27. The molecule has 0 bridgehead atoms. The van der Waals surface area contributed by atoms with Crippen molar-refractivity contribution in [3.8, 4) is 0 Å². The first kappa shape index (κ1) is 16.8. The van der Waals surface area contributed by atoms with E-state index in [1.54, 1.807) is 39.0 Å². The van der Waals surface area contributed by atoms with Gasteiger partial charge in [-0.25, -0.2) is 0 Å². The van der Waals surface area contributed by atoms with Gasteiger partial charge in [-0.2, -0.15) is 0 Å². The first-order valence-corrected chi connectivity index (χ1v) is 6.76. The Morgan fingerprint density at radius 1 is 1.30 bits per heavy atom. The predicted octanol–water partition coefficient (Wildman–Crippen LogP) is 3.89. The summed E-state index contributed by atoms with van der Waals surface area (Å²) in [5.74, 6) is -2.74. The maximum Gasteiger partial charge on any atom is 0.314 e. The fourth-order valence-corrected chi connectivity index (χ4v) is 2.10. The van der Waals surface area contributed by atoms with Crippen LogP contribution in [0.5, 0.6) is 0 Å². The zero-order chi connectivity index (χ0) is 15.5. The maximum atomic E-state index is 12.2. The first-order chi connectivity index (χ1) is 9.11. The molecule has 0 heterocycles. The van der Waals surface area contributed by atoms with Gasteiger partial charge in [0.15, 0.2) is 0 Å². The number of benzene rings is 1. The Bertz CT molecular complexity index is 520. The van der Waals surface area contributed by atoms with Crippen molar-refractivity contribution in [3.63, 3.8) is 0 Å². The highest BCUT2D eigenvalue weighted by molar-refractivity contribution is 6.42. The lowest BCUT2D eigenvalue weighted by molar-refractivity contribution is -0.159. The zero-order valence-electron chi connectivity index (χ0n) is 11.4. The Morgan fingerprint density at radius 3 is 2.40 bits per heavy atom. The van der Waals surface area contributed by atoms with E-state index in [4.69, 9.17) is 33.0 Å². The monoisotopic (exact) mass is 318 g/mol. The Hall–Kier alpha value is -1.26. The molecule has 1 aromatic rings. The van der Waals surface area contributed by atoms with Gasteiger partial charge in [0.2, 0.25) is 0 Å². The highest BCUT2D eigenvalue weighted by Gasteiger charge is 2.30. The van der Waals surface area contributed by atoms with Crippen molar-refractivity contribution in [1.29, 1.82) is 0 Å². The second-order valence-corrected chi connectivity index (χ2v) is 6.11. The van der Waals surface area contributed by atoms with Crippen molar-refractivity contribution in [3.05, 3.63) is 33.8 Å². The maximum absolute atomic E-state index is 12.2. The molecule has 1 atom stereocenters. The third-order valence-corrected chi connectivity index (χ3v) is 3.26. The molecule has 4 nitrogen and oxygen atoms in total. The first-order valence-electron chi connectivity index (χ1n) is 6.00. The Labute approximate surface area is 127 Å². The number of carboxylic acid groups (broad SMARTS) is 1. The van der Waals surface area contributed by atoms with Crippen LogP contribution < -0.4 is 0 Å². The minimum atomic E-state index is -1.11. The summed E-state index contributed by atoms with van der Waals surface area (Å²) in [4.78, 5) is 23.1. The van der Waals surface area contributed by atoms with Gasteiger partial charge in [-0.3, -0.25) is 9.59 Å². The Balaban J connectivity index is 3.15. The van der Waals surface area contributed by atoms with Crippen LogP contribution in [-0.2, 0) is 14.3 Å².